The molecule has 5 heteroatoms. The highest BCUT2D eigenvalue weighted by Gasteiger charge is 2.20. The number of alkyl halides is 2. The van der Waals surface area contributed by atoms with Crippen molar-refractivity contribution < 1.29 is 17.5 Å². The highest BCUT2D eigenvalue weighted by Crippen LogP contribution is 2.11. The Bertz CT molecular complexity index is 97.9. The van der Waals surface area contributed by atoms with E-state index >= 15 is 0 Å². The highest BCUT2D eigenvalue weighted by atomic mass is 32.2. The van der Waals surface area contributed by atoms with Gasteiger partial charge in [0.1, 0.15) is 0 Å². The van der Waals surface area contributed by atoms with E-state index in [2.05, 4.69) is 0 Å². The molecule has 0 amide bonds. The molecule has 0 heterocycles. The zero-order valence-corrected chi connectivity index (χ0v) is 5.00. The maximum atomic E-state index is 11.6. The predicted molar refractivity (Wildman–Crippen MR) is 24.4 cm³/mol. The van der Waals surface area contributed by atoms with Crippen LogP contribution in [0.3, 0.4) is 0 Å². The molecule has 50 valence electrons. The number of hydrogen-bond donors (Lipinski definition) is 0. The zero-order chi connectivity index (χ0) is 6.78. The van der Waals surface area contributed by atoms with E-state index in [1.165, 1.54) is 0 Å². The second-order valence-corrected chi connectivity index (χ2v) is 2.41. The van der Waals surface area contributed by atoms with Crippen molar-refractivity contribution in [3.63, 3.8) is 0 Å². The van der Waals surface area contributed by atoms with Gasteiger partial charge in [0.15, 0.2) is 0 Å². The van der Waals surface area contributed by atoms with Gasteiger partial charge in [-0.3, -0.25) is 4.21 Å². The summed E-state index contributed by atoms with van der Waals surface area (Å²) >= 11 is -2.64. The normalized spacial score (nSPS) is 16.0. The van der Waals surface area contributed by atoms with E-state index in [0.29, 0.717) is 6.92 Å². The maximum Gasteiger partial charge on any atom is 0.255 e. The molecule has 0 radical (unpaired) electrons. The largest absolute Gasteiger partial charge is 0.772 e. The number of hydrogen-bond acceptors (Lipinski definition) is 2. The van der Waals surface area contributed by atoms with Gasteiger partial charge < -0.3 is 4.55 Å². The summed E-state index contributed by atoms with van der Waals surface area (Å²) < 4.78 is 42.2. The van der Waals surface area contributed by atoms with E-state index in [1.807, 2.05) is 0 Å². The van der Waals surface area contributed by atoms with Crippen molar-refractivity contribution in [1.82, 2.24) is 0 Å². The monoisotopic (exact) mass is 143 g/mol. The molecule has 0 aliphatic heterocycles. The van der Waals surface area contributed by atoms with Crippen molar-refractivity contribution in [2.75, 3.05) is 5.75 Å². The van der Waals surface area contributed by atoms with Crippen molar-refractivity contribution in [1.29, 1.82) is 0 Å². The molecule has 0 rings (SSSR count). The Morgan fingerprint density at radius 3 is 2.12 bits per heavy atom. The molecule has 0 saturated heterocycles. The second-order valence-electron chi connectivity index (χ2n) is 1.52. The lowest BCUT2D eigenvalue weighted by Crippen LogP contribution is -2.19. The molecule has 0 fully saturated rings. The smallest absolute Gasteiger partial charge is 0.255 e. The van der Waals surface area contributed by atoms with Crippen LogP contribution in [0.5, 0.6) is 0 Å². The van der Waals surface area contributed by atoms with Crippen molar-refractivity contribution in [3.05, 3.63) is 0 Å². The summed E-state index contributed by atoms with van der Waals surface area (Å²) in [7, 11) is 0. The molecular formula is C3H5F2O2S-. The minimum Gasteiger partial charge on any atom is -0.772 e. The third-order valence-electron chi connectivity index (χ3n) is 0.371. The molecular weight excluding hydrogens is 138 g/mol. The SMILES string of the molecule is CC(F)(F)CS(=O)[O-]. The predicted octanol–water partition coefficient (Wildman–Crippen LogP) is 0.521. The lowest BCUT2D eigenvalue weighted by molar-refractivity contribution is 0.0470. The van der Waals surface area contributed by atoms with E-state index in [0.717, 1.165) is 0 Å². The van der Waals surface area contributed by atoms with Crippen LogP contribution < -0.4 is 0 Å². The second kappa shape index (κ2) is 2.50. The molecule has 0 aromatic heterocycles. The van der Waals surface area contributed by atoms with Crippen LogP contribution in [0, 0.1) is 0 Å². The highest BCUT2D eigenvalue weighted by molar-refractivity contribution is 7.79. The summed E-state index contributed by atoms with van der Waals surface area (Å²) in [5.41, 5.74) is 0. The summed E-state index contributed by atoms with van der Waals surface area (Å²) in [6.45, 7) is 0.558. The van der Waals surface area contributed by atoms with E-state index in [1.54, 1.807) is 0 Å². The van der Waals surface area contributed by atoms with Crippen LogP contribution >= 0.6 is 0 Å². The van der Waals surface area contributed by atoms with E-state index in [-0.39, 0.29) is 0 Å². The molecule has 0 aromatic carbocycles. The van der Waals surface area contributed by atoms with E-state index in [9.17, 15) is 17.5 Å². The topological polar surface area (TPSA) is 40.1 Å². The molecule has 8 heavy (non-hydrogen) atoms. The fourth-order valence-electron chi connectivity index (χ4n) is 0.207. The van der Waals surface area contributed by atoms with Crippen molar-refractivity contribution >= 4 is 11.1 Å². The van der Waals surface area contributed by atoms with Crippen LogP contribution in [0.25, 0.3) is 0 Å². The third-order valence-corrected chi connectivity index (χ3v) is 1.11. The number of rotatable bonds is 2. The standard InChI is InChI=1S/C3H6F2O2S/c1-3(4,5)2-8(6)7/h2H2,1H3,(H,6,7)/p-1. The summed E-state index contributed by atoms with van der Waals surface area (Å²) in [5, 5.41) is 0. The molecule has 0 saturated carbocycles. The minimum absolute atomic E-state index is 0.558. The first kappa shape index (κ1) is 7.97. The third kappa shape index (κ3) is 5.97. The molecule has 0 spiro atoms. The Balaban J connectivity index is 3.55. The molecule has 0 bridgehead atoms. The van der Waals surface area contributed by atoms with Gasteiger partial charge in [-0.15, -0.1) is 0 Å². The lowest BCUT2D eigenvalue weighted by Gasteiger charge is -2.10. The maximum absolute atomic E-state index is 11.6. The van der Waals surface area contributed by atoms with Gasteiger partial charge in [-0.25, -0.2) is 8.78 Å². The Morgan fingerprint density at radius 2 is 2.12 bits per heavy atom. The van der Waals surface area contributed by atoms with Gasteiger partial charge in [0.25, 0.3) is 5.92 Å². The summed E-state index contributed by atoms with van der Waals surface area (Å²) in [4.78, 5) is 0. The van der Waals surface area contributed by atoms with Crippen LogP contribution in [-0.4, -0.2) is 20.4 Å². The van der Waals surface area contributed by atoms with Gasteiger partial charge >= 0.3 is 0 Å². The Hall–Kier alpha value is -0.0300. The van der Waals surface area contributed by atoms with Crippen molar-refractivity contribution in [2.45, 2.75) is 12.8 Å². The molecule has 2 nitrogen and oxygen atoms in total. The Labute approximate surface area is 48.2 Å². The van der Waals surface area contributed by atoms with Gasteiger partial charge in [-0.05, 0) is 11.1 Å². The molecule has 0 N–H and O–H groups in total. The fourth-order valence-corrected chi connectivity index (χ4v) is 0.621. The van der Waals surface area contributed by atoms with E-state index in [4.69, 9.17) is 0 Å². The molecule has 1 unspecified atom stereocenters. The summed E-state index contributed by atoms with van der Waals surface area (Å²) in [6, 6.07) is 0. The average molecular weight is 143 g/mol. The zero-order valence-electron chi connectivity index (χ0n) is 4.19. The quantitative estimate of drug-likeness (QED) is 0.529. The Morgan fingerprint density at radius 1 is 1.75 bits per heavy atom. The average Bonchev–Trinajstić information content (AvgIpc) is 1.21. The van der Waals surface area contributed by atoms with E-state index < -0.39 is 22.8 Å². The molecule has 0 aromatic rings. The van der Waals surface area contributed by atoms with Gasteiger partial charge in [-0.1, -0.05) is 0 Å². The first-order chi connectivity index (χ1) is 3.42. The number of halogens is 2. The van der Waals surface area contributed by atoms with Crippen LogP contribution in [0.15, 0.2) is 0 Å². The van der Waals surface area contributed by atoms with Crippen LogP contribution in [0.4, 0.5) is 8.78 Å². The van der Waals surface area contributed by atoms with Gasteiger partial charge in [0, 0.05) is 6.92 Å². The fraction of sp³-hybridized carbons (Fsp3) is 1.00. The van der Waals surface area contributed by atoms with Gasteiger partial charge in [-0.2, -0.15) is 0 Å². The van der Waals surface area contributed by atoms with Crippen LogP contribution in [0.1, 0.15) is 6.92 Å². The minimum atomic E-state index is -3.09. The molecule has 0 aliphatic carbocycles. The van der Waals surface area contributed by atoms with Crippen molar-refractivity contribution in [3.8, 4) is 0 Å². The van der Waals surface area contributed by atoms with Crippen molar-refractivity contribution in [2.24, 2.45) is 0 Å². The molecule has 0 aliphatic rings. The van der Waals surface area contributed by atoms with Gasteiger partial charge in [0.2, 0.25) is 0 Å². The Kier molecular flexibility index (Phi) is 2.49. The van der Waals surface area contributed by atoms with Gasteiger partial charge in [0.05, 0.1) is 5.75 Å². The summed E-state index contributed by atoms with van der Waals surface area (Å²) in [6.07, 6.45) is 0. The van der Waals surface area contributed by atoms with Crippen LogP contribution in [0.2, 0.25) is 0 Å². The molecule has 1 atom stereocenters. The lowest BCUT2D eigenvalue weighted by atomic mass is 10.5. The summed E-state index contributed by atoms with van der Waals surface area (Å²) in [5.74, 6) is -4.18. The first-order valence-corrected chi connectivity index (χ1v) is 3.10. The first-order valence-electron chi connectivity index (χ1n) is 1.85. The van der Waals surface area contributed by atoms with Crippen LogP contribution in [-0.2, 0) is 11.1 Å².